The lowest BCUT2D eigenvalue weighted by Crippen LogP contribution is -2.39. The van der Waals surface area contributed by atoms with Crippen LogP contribution in [-0.2, 0) is 14.3 Å². The zero-order chi connectivity index (χ0) is 20.1. The zero-order valence-electron chi connectivity index (χ0n) is 15.5. The number of rotatable bonds is 5. The molecule has 0 saturated heterocycles. The highest BCUT2D eigenvalue weighted by Crippen LogP contribution is 2.31. The number of carbonyl (C=O) groups excluding carboxylic acids is 3. The molecule has 1 aliphatic rings. The molecule has 2 aromatic rings. The van der Waals surface area contributed by atoms with Gasteiger partial charge in [0.1, 0.15) is 6.61 Å². The van der Waals surface area contributed by atoms with E-state index >= 15 is 0 Å². The van der Waals surface area contributed by atoms with Gasteiger partial charge in [-0.1, -0.05) is 12.1 Å². The van der Waals surface area contributed by atoms with E-state index in [1.54, 1.807) is 62.6 Å². The first-order valence-electron chi connectivity index (χ1n) is 8.61. The fraction of sp³-hybridized carbons (Fsp3) is 0.250. The van der Waals surface area contributed by atoms with Crippen LogP contribution < -0.4 is 14.8 Å². The van der Waals surface area contributed by atoms with E-state index in [1.807, 2.05) is 0 Å². The van der Waals surface area contributed by atoms with Gasteiger partial charge in [-0.15, -0.1) is 0 Å². The van der Waals surface area contributed by atoms with Crippen LogP contribution in [0.3, 0.4) is 0 Å². The number of hydrogen-bond donors (Lipinski definition) is 1. The van der Waals surface area contributed by atoms with Crippen molar-refractivity contribution in [3.63, 3.8) is 0 Å². The van der Waals surface area contributed by atoms with Gasteiger partial charge >= 0.3 is 5.97 Å². The lowest BCUT2D eigenvalue weighted by molar-refractivity contribution is -0.156. The van der Waals surface area contributed by atoms with Crippen molar-refractivity contribution in [3.05, 3.63) is 54.1 Å². The standard InChI is InChI=1S/C20H20N2O6/c1-22(2)19(24)13-7-9-14(10-8-13)21-18(23)12-27-20(25)17-11-26-15-5-3-4-6-16(15)28-17/h3-10,17H,11-12H2,1-2H3,(H,21,23)/t17-/m0/s1. The number of esters is 1. The number of fused-ring (bicyclic) bond motifs is 1. The summed E-state index contributed by atoms with van der Waals surface area (Å²) in [4.78, 5) is 37.4. The topological polar surface area (TPSA) is 94.2 Å². The number of ether oxygens (including phenoxy) is 3. The van der Waals surface area contributed by atoms with Crippen LogP contribution in [0.15, 0.2) is 48.5 Å². The van der Waals surface area contributed by atoms with E-state index in [-0.39, 0.29) is 12.5 Å². The Balaban J connectivity index is 1.48. The summed E-state index contributed by atoms with van der Waals surface area (Å²) in [5, 5.41) is 2.60. The number of hydrogen-bond acceptors (Lipinski definition) is 6. The van der Waals surface area contributed by atoms with E-state index < -0.39 is 24.6 Å². The number of para-hydroxylation sites is 2. The van der Waals surface area contributed by atoms with Crippen LogP contribution in [0.1, 0.15) is 10.4 Å². The van der Waals surface area contributed by atoms with Gasteiger partial charge in [0.2, 0.25) is 6.10 Å². The molecule has 0 saturated carbocycles. The van der Waals surface area contributed by atoms with Gasteiger partial charge in [0.25, 0.3) is 11.8 Å². The average Bonchev–Trinajstić information content (AvgIpc) is 2.71. The Hall–Kier alpha value is -3.55. The minimum Gasteiger partial charge on any atom is -0.485 e. The Bertz CT molecular complexity index is 879. The highest BCUT2D eigenvalue weighted by atomic mass is 16.6. The molecule has 146 valence electrons. The van der Waals surface area contributed by atoms with E-state index in [1.165, 1.54) is 4.90 Å². The molecule has 0 aromatic heterocycles. The van der Waals surface area contributed by atoms with Gasteiger partial charge in [0.15, 0.2) is 18.1 Å². The SMILES string of the molecule is CN(C)C(=O)c1ccc(NC(=O)COC(=O)[C@@H]2COc3ccccc3O2)cc1. The second-order valence-electron chi connectivity index (χ2n) is 6.30. The highest BCUT2D eigenvalue weighted by molar-refractivity contribution is 5.96. The maximum absolute atomic E-state index is 12.1. The van der Waals surface area contributed by atoms with Crippen molar-refractivity contribution in [2.45, 2.75) is 6.10 Å². The summed E-state index contributed by atoms with van der Waals surface area (Å²) in [5.74, 6) is -0.315. The number of nitrogens with zero attached hydrogens (tertiary/aromatic N) is 1. The van der Waals surface area contributed by atoms with Crippen LogP contribution in [0.4, 0.5) is 5.69 Å². The quantitative estimate of drug-likeness (QED) is 0.789. The number of carbonyl (C=O) groups is 3. The Labute approximate surface area is 162 Å². The average molecular weight is 384 g/mol. The smallest absolute Gasteiger partial charge is 0.351 e. The van der Waals surface area contributed by atoms with Gasteiger partial charge in [-0.05, 0) is 36.4 Å². The molecule has 0 radical (unpaired) electrons. The largest absolute Gasteiger partial charge is 0.485 e. The highest BCUT2D eigenvalue weighted by Gasteiger charge is 2.29. The Morgan fingerprint density at radius 1 is 1.07 bits per heavy atom. The monoisotopic (exact) mass is 384 g/mol. The molecule has 2 aromatic carbocycles. The van der Waals surface area contributed by atoms with Crippen LogP contribution in [-0.4, -0.2) is 56.1 Å². The maximum atomic E-state index is 12.1. The number of anilines is 1. The Morgan fingerprint density at radius 3 is 2.43 bits per heavy atom. The molecular weight excluding hydrogens is 364 g/mol. The lowest BCUT2D eigenvalue weighted by atomic mass is 10.2. The van der Waals surface area contributed by atoms with Crippen molar-refractivity contribution in [2.75, 3.05) is 32.6 Å². The van der Waals surface area contributed by atoms with Crippen molar-refractivity contribution in [3.8, 4) is 11.5 Å². The predicted molar refractivity (Wildman–Crippen MR) is 100 cm³/mol. The molecule has 8 heteroatoms. The predicted octanol–water partition coefficient (Wildman–Crippen LogP) is 1.71. The summed E-state index contributed by atoms with van der Waals surface area (Å²) in [7, 11) is 3.32. The summed E-state index contributed by atoms with van der Waals surface area (Å²) in [6.07, 6.45) is -0.931. The third-order valence-corrected chi connectivity index (χ3v) is 3.94. The Kier molecular flexibility index (Phi) is 5.78. The van der Waals surface area contributed by atoms with Crippen molar-refractivity contribution in [1.29, 1.82) is 0 Å². The molecule has 1 heterocycles. The van der Waals surface area contributed by atoms with Gasteiger partial charge < -0.3 is 24.4 Å². The molecule has 1 aliphatic heterocycles. The van der Waals surface area contributed by atoms with Crippen LogP contribution >= 0.6 is 0 Å². The van der Waals surface area contributed by atoms with Crippen molar-refractivity contribution in [1.82, 2.24) is 4.90 Å². The first-order valence-corrected chi connectivity index (χ1v) is 8.61. The maximum Gasteiger partial charge on any atom is 0.351 e. The summed E-state index contributed by atoms with van der Waals surface area (Å²) in [5.41, 5.74) is 0.992. The molecule has 0 spiro atoms. The lowest BCUT2D eigenvalue weighted by Gasteiger charge is -2.24. The molecule has 3 rings (SSSR count). The number of benzene rings is 2. The van der Waals surface area contributed by atoms with Gasteiger partial charge in [0, 0.05) is 25.3 Å². The molecule has 1 atom stereocenters. The van der Waals surface area contributed by atoms with Crippen molar-refractivity contribution in [2.24, 2.45) is 0 Å². The van der Waals surface area contributed by atoms with Crippen LogP contribution in [0, 0.1) is 0 Å². The normalized spacial score (nSPS) is 14.7. The third kappa shape index (κ3) is 4.59. The molecule has 8 nitrogen and oxygen atoms in total. The van der Waals surface area contributed by atoms with E-state index in [0.29, 0.717) is 22.7 Å². The number of amides is 2. The van der Waals surface area contributed by atoms with Gasteiger partial charge in [0.05, 0.1) is 0 Å². The minimum atomic E-state index is -0.931. The molecule has 0 fully saturated rings. The summed E-state index contributed by atoms with van der Waals surface area (Å²) >= 11 is 0. The molecular formula is C20H20N2O6. The molecule has 1 N–H and O–H groups in total. The molecule has 0 aliphatic carbocycles. The van der Waals surface area contributed by atoms with Gasteiger partial charge in [-0.25, -0.2) is 4.79 Å². The van der Waals surface area contributed by atoms with E-state index in [2.05, 4.69) is 5.32 Å². The molecule has 0 unspecified atom stereocenters. The third-order valence-electron chi connectivity index (χ3n) is 3.94. The zero-order valence-corrected chi connectivity index (χ0v) is 15.5. The molecule has 28 heavy (non-hydrogen) atoms. The fourth-order valence-corrected chi connectivity index (χ4v) is 2.52. The second kappa shape index (κ2) is 8.43. The molecule has 0 bridgehead atoms. The van der Waals surface area contributed by atoms with E-state index in [9.17, 15) is 14.4 Å². The van der Waals surface area contributed by atoms with Gasteiger partial charge in [-0.3, -0.25) is 9.59 Å². The van der Waals surface area contributed by atoms with E-state index in [4.69, 9.17) is 14.2 Å². The van der Waals surface area contributed by atoms with E-state index in [0.717, 1.165) is 0 Å². The fourth-order valence-electron chi connectivity index (χ4n) is 2.52. The summed E-state index contributed by atoms with van der Waals surface area (Å²) < 4.78 is 16.0. The van der Waals surface area contributed by atoms with Crippen LogP contribution in [0.2, 0.25) is 0 Å². The summed E-state index contributed by atoms with van der Waals surface area (Å²) in [6, 6.07) is 13.4. The summed E-state index contributed by atoms with van der Waals surface area (Å²) in [6.45, 7) is -0.447. The van der Waals surface area contributed by atoms with Crippen molar-refractivity contribution < 1.29 is 28.6 Å². The minimum absolute atomic E-state index is 0.0127. The molecule has 2 amide bonds. The second-order valence-corrected chi connectivity index (χ2v) is 6.30. The first-order chi connectivity index (χ1) is 13.4. The first kappa shape index (κ1) is 19.2. The number of nitrogens with one attached hydrogen (secondary N) is 1. The Morgan fingerprint density at radius 2 is 1.75 bits per heavy atom. The van der Waals surface area contributed by atoms with Crippen molar-refractivity contribution >= 4 is 23.5 Å². The van der Waals surface area contributed by atoms with Crippen LogP contribution in [0.25, 0.3) is 0 Å². The van der Waals surface area contributed by atoms with Crippen LogP contribution in [0.5, 0.6) is 11.5 Å². The van der Waals surface area contributed by atoms with Gasteiger partial charge in [-0.2, -0.15) is 0 Å².